The van der Waals surface area contributed by atoms with Crippen molar-refractivity contribution in [3.8, 4) is 11.5 Å². The van der Waals surface area contributed by atoms with Crippen molar-refractivity contribution in [2.24, 2.45) is 4.99 Å². The zero-order valence-electron chi connectivity index (χ0n) is 14.0. The van der Waals surface area contributed by atoms with Crippen molar-refractivity contribution >= 4 is 5.96 Å². The molecule has 0 fully saturated rings. The van der Waals surface area contributed by atoms with Crippen molar-refractivity contribution in [2.75, 3.05) is 20.2 Å². The molecule has 0 saturated heterocycles. The highest BCUT2D eigenvalue weighted by Crippen LogP contribution is 2.23. The third kappa shape index (κ3) is 6.70. The summed E-state index contributed by atoms with van der Waals surface area (Å²) < 4.78 is 5.18. The monoisotopic (exact) mass is 307 g/mol. The Morgan fingerprint density at radius 3 is 2.68 bits per heavy atom. The first-order valence-electron chi connectivity index (χ1n) is 8.09. The molecule has 5 heteroatoms. The largest absolute Gasteiger partial charge is 0.508 e. The van der Waals surface area contributed by atoms with Crippen LogP contribution in [0.2, 0.25) is 0 Å². The Balaban J connectivity index is 2.57. The van der Waals surface area contributed by atoms with Gasteiger partial charge in [0, 0.05) is 18.7 Å². The highest BCUT2D eigenvalue weighted by Gasteiger charge is 2.04. The number of guanidine groups is 1. The number of rotatable bonds is 9. The van der Waals surface area contributed by atoms with E-state index >= 15 is 0 Å². The van der Waals surface area contributed by atoms with Crippen LogP contribution in [0.1, 0.15) is 45.1 Å². The van der Waals surface area contributed by atoms with Crippen LogP contribution in [0.15, 0.2) is 23.2 Å². The average Bonchev–Trinajstić information content (AvgIpc) is 2.53. The van der Waals surface area contributed by atoms with E-state index in [1.807, 2.05) is 13.0 Å². The van der Waals surface area contributed by atoms with Crippen molar-refractivity contribution in [3.05, 3.63) is 23.8 Å². The number of phenolic OH excluding ortho intramolecular Hbond substituents is 1. The fourth-order valence-corrected chi connectivity index (χ4v) is 2.08. The minimum absolute atomic E-state index is 0.239. The molecule has 0 saturated carbocycles. The van der Waals surface area contributed by atoms with Gasteiger partial charge in [0.1, 0.15) is 11.5 Å². The predicted molar refractivity (Wildman–Crippen MR) is 91.6 cm³/mol. The number of nitrogens with zero attached hydrogens (tertiary/aromatic N) is 1. The second-order valence-corrected chi connectivity index (χ2v) is 5.18. The van der Waals surface area contributed by atoms with Crippen molar-refractivity contribution < 1.29 is 9.84 Å². The van der Waals surface area contributed by atoms with Crippen LogP contribution in [0.5, 0.6) is 11.5 Å². The SMILES string of the molecule is CCCCCCNC(=NCc1cc(OC)ccc1O)NCC. The lowest BCUT2D eigenvalue weighted by Crippen LogP contribution is -2.37. The molecule has 5 nitrogen and oxygen atoms in total. The molecule has 1 aromatic carbocycles. The smallest absolute Gasteiger partial charge is 0.191 e. The second kappa shape index (κ2) is 10.8. The maximum atomic E-state index is 9.88. The predicted octanol–water partition coefficient (Wildman–Crippen LogP) is 3.04. The average molecular weight is 307 g/mol. The Hall–Kier alpha value is -1.91. The van der Waals surface area contributed by atoms with Gasteiger partial charge in [-0.2, -0.15) is 0 Å². The van der Waals surface area contributed by atoms with Crippen LogP contribution >= 0.6 is 0 Å². The lowest BCUT2D eigenvalue weighted by molar-refractivity contribution is 0.411. The first kappa shape index (κ1) is 18.1. The fourth-order valence-electron chi connectivity index (χ4n) is 2.08. The van der Waals surface area contributed by atoms with Crippen LogP contribution in [-0.2, 0) is 6.54 Å². The van der Waals surface area contributed by atoms with Crippen molar-refractivity contribution in [1.29, 1.82) is 0 Å². The zero-order chi connectivity index (χ0) is 16.2. The van der Waals surface area contributed by atoms with E-state index in [-0.39, 0.29) is 5.75 Å². The molecule has 0 bridgehead atoms. The van der Waals surface area contributed by atoms with Gasteiger partial charge >= 0.3 is 0 Å². The summed E-state index contributed by atoms with van der Waals surface area (Å²) in [6, 6.07) is 5.18. The van der Waals surface area contributed by atoms with Gasteiger partial charge in [0.25, 0.3) is 0 Å². The van der Waals surface area contributed by atoms with Crippen molar-refractivity contribution in [3.63, 3.8) is 0 Å². The third-order valence-corrected chi connectivity index (χ3v) is 3.36. The van der Waals surface area contributed by atoms with E-state index in [0.717, 1.165) is 36.8 Å². The van der Waals surface area contributed by atoms with Crippen LogP contribution in [0, 0.1) is 0 Å². The number of aromatic hydroxyl groups is 1. The second-order valence-electron chi connectivity index (χ2n) is 5.18. The molecule has 0 radical (unpaired) electrons. The van der Waals surface area contributed by atoms with Crippen LogP contribution in [0.4, 0.5) is 0 Å². The maximum Gasteiger partial charge on any atom is 0.191 e. The van der Waals surface area contributed by atoms with E-state index in [2.05, 4.69) is 22.5 Å². The highest BCUT2D eigenvalue weighted by atomic mass is 16.5. The summed E-state index contributed by atoms with van der Waals surface area (Å²) in [6.45, 7) is 6.38. The van der Waals surface area contributed by atoms with Gasteiger partial charge in [0.2, 0.25) is 0 Å². The van der Waals surface area contributed by atoms with Crippen molar-refractivity contribution in [2.45, 2.75) is 46.1 Å². The standard InChI is InChI=1S/C17H29N3O2/c1-4-6-7-8-11-19-17(18-5-2)20-13-14-12-15(22-3)9-10-16(14)21/h9-10,12,21H,4-8,11,13H2,1-3H3,(H2,18,19,20). The van der Waals surface area contributed by atoms with Gasteiger partial charge in [0.15, 0.2) is 5.96 Å². The molecule has 0 unspecified atom stereocenters. The first-order chi connectivity index (χ1) is 10.7. The summed E-state index contributed by atoms with van der Waals surface area (Å²) in [6.07, 6.45) is 4.89. The van der Waals surface area contributed by atoms with E-state index < -0.39 is 0 Å². The van der Waals surface area contributed by atoms with E-state index in [4.69, 9.17) is 4.74 Å². The summed E-state index contributed by atoms with van der Waals surface area (Å²) in [5, 5.41) is 16.4. The van der Waals surface area contributed by atoms with Gasteiger partial charge in [-0.25, -0.2) is 4.99 Å². The number of methoxy groups -OCH3 is 1. The van der Waals surface area contributed by atoms with Gasteiger partial charge in [-0.1, -0.05) is 26.2 Å². The number of aliphatic imine (C=N–C) groups is 1. The molecule has 0 heterocycles. The summed E-state index contributed by atoms with van der Waals surface area (Å²) in [7, 11) is 1.61. The first-order valence-corrected chi connectivity index (χ1v) is 8.09. The molecule has 124 valence electrons. The number of nitrogens with one attached hydrogen (secondary N) is 2. The lowest BCUT2D eigenvalue weighted by atomic mass is 10.2. The zero-order valence-corrected chi connectivity index (χ0v) is 14.0. The Morgan fingerprint density at radius 2 is 2.00 bits per heavy atom. The number of hydrogen-bond acceptors (Lipinski definition) is 3. The molecule has 1 rings (SSSR count). The van der Waals surface area contributed by atoms with Gasteiger partial charge in [-0.05, 0) is 31.5 Å². The van der Waals surface area contributed by atoms with E-state index in [0.29, 0.717) is 6.54 Å². The molecular weight excluding hydrogens is 278 g/mol. The maximum absolute atomic E-state index is 9.88. The quantitative estimate of drug-likeness (QED) is 0.373. The minimum Gasteiger partial charge on any atom is -0.508 e. The molecular formula is C17H29N3O2. The molecule has 0 aliphatic rings. The normalized spacial score (nSPS) is 11.3. The van der Waals surface area contributed by atoms with Crippen LogP contribution in [0.25, 0.3) is 0 Å². The van der Waals surface area contributed by atoms with Crippen LogP contribution in [-0.4, -0.2) is 31.3 Å². The molecule has 0 amide bonds. The molecule has 1 aromatic rings. The lowest BCUT2D eigenvalue weighted by Gasteiger charge is -2.11. The van der Waals surface area contributed by atoms with E-state index in [1.54, 1.807) is 19.2 Å². The van der Waals surface area contributed by atoms with Gasteiger partial charge in [-0.15, -0.1) is 0 Å². The fraction of sp³-hybridized carbons (Fsp3) is 0.588. The number of hydrogen-bond donors (Lipinski definition) is 3. The summed E-state index contributed by atoms with van der Waals surface area (Å²) >= 11 is 0. The number of unbranched alkanes of at least 4 members (excludes halogenated alkanes) is 3. The molecule has 22 heavy (non-hydrogen) atoms. The highest BCUT2D eigenvalue weighted by molar-refractivity contribution is 5.79. The Labute approximate surface area is 133 Å². The molecule has 0 aromatic heterocycles. The summed E-state index contributed by atoms with van der Waals surface area (Å²) in [5.74, 6) is 1.74. The number of phenols is 1. The molecule has 3 N–H and O–H groups in total. The van der Waals surface area contributed by atoms with E-state index in [1.165, 1.54) is 19.3 Å². The van der Waals surface area contributed by atoms with Crippen LogP contribution < -0.4 is 15.4 Å². The Bertz CT molecular complexity index is 461. The molecule has 0 aliphatic carbocycles. The van der Waals surface area contributed by atoms with Gasteiger partial charge < -0.3 is 20.5 Å². The van der Waals surface area contributed by atoms with Gasteiger partial charge in [0.05, 0.1) is 13.7 Å². The van der Waals surface area contributed by atoms with Gasteiger partial charge in [-0.3, -0.25) is 0 Å². The van der Waals surface area contributed by atoms with Crippen LogP contribution in [0.3, 0.4) is 0 Å². The Morgan fingerprint density at radius 1 is 1.18 bits per heavy atom. The number of ether oxygens (including phenoxy) is 1. The number of benzene rings is 1. The molecule has 0 atom stereocenters. The third-order valence-electron chi connectivity index (χ3n) is 3.36. The van der Waals surface area contributed by atoms with Crippen molar-refractivity contribution in [1.82, 2.24) is 10.6 Å². The molecule has 0 spiro atoms. The Kier molecular flexibility index (Phi) is 8.88. The minimum atomic E-state index is 0.239. The van der Waals surface area contributed by atoms with E-state index in [9.17, 15) is 5.11 Å². The summed E-state index contributed by atoms with van der Waals surface area (Å²) in [4.78, 5) is 4.52. The molecule has 0 aliphatic heterocycles. The summed E-state index contributed by atoms with van der Waals surface area (Å²) in [5.41, 5.74) is 0.752. The topological polar surface area (TPSA) is 65.9 Å².